The summed E-state index contributed by atoms with van der Waals surface area (Å²) in [4.78, 5) is 14.9. The number of aromatic nitrogens is 2. The number of para-hydroxylation sites is 1. The average Bonchev–Trinajstić information content (AvgIpc) is 3.00. The molecule has 2 aromatic carbocycles. The minimum atomic E-state index is 0.0974. The fourth-order valence-corrected chi connectivity index (χ4v) is 3.44. The van der Waals surface area contributed by atoms with Crippen molar-refractivity contribution in [2.45, 2.75) is 26.7 Å². The second kappa shape index (κ2) is 9.33. The van der Waals surface area contributed by atoms with E-state index in [9.17, 15) is 4.79 Å². The van der Waals surface area contributed by atoms with Gasteiger partial charge < -0.3 is 10.6 Å². The van der Waals surface area contributed by atoms with Gasteiger partial charge in [0.15, 0.2) is 0 Å². The van der Waals surface area contributed by atoms with Gasteiger partial charge in [-0.25, -0.2) is 4.68 Å². The summed E-state index contributed by atoms with van der Waals surface area (Å²) in [6, 6.07) is 20.2. The lowest BCUT2D eigenvalue weighted by atomic mass is 10.1. The number of carbonyl (C=O) groups excluding carboxylic acids is 1. The molecule has 0 saturated heterocycles. The van der Waals surface area contributed by atoms with Crippen molar-refractivity contribution in [3.63, 3.8) is 0 Å². The number of hydrogen-bond acceptors (Lipinski definition) is 3. The molecule has 0 aliphatic heterocycles. The Kier molecular flexibility index (Phi) is 6.61. The largest absolute Gasteiger partial charge is 0.341 e. The fraction of sp³-hybridized carbons (Fsp3) is 0.304. The van der Waals surface area contributed by atoms with Gasteiger partial charge >= 0.3 is 0 Å². The average molecular weight is 377 g/mol. The van der Waals surface area contributed by atoms with E-state index in [1.165, 1.54) is 5.56 Å². The van der Waals surface area contributed by atoms with Gasteiger partial charge in [-0.15, -0.1) is 0 Å². The lowest BCUT2D eigenvalue weighted by Gasteiger charge is -2.22. The molecule has 0 fully saturated rings. The second-order valence-corrected chi connectivity index (χ2v) is 6.98. The maximum Gasteiger partial charge on any atom is 0.227 e. The van der Waals surface area contributed by atoms with Gasteiger partial charge in [0, 0.05) is 30.9 Å². The number of nitrogens with zero attached hydrogens (tertiary/aromatic N) is 3. The summed E-state index contributed by atoms with van der Waals surface area (Å²) in [5, 5.41) is 4.65. The van der Waals surface area contributed by atoms with Gasteiger partial charge in [-0.2, -0.15) is 5.10 Å². The quantitative estimate of drug-likeness (QED) is 0.657. The third-order valence-electron chi connectivity index (χ3n) is 5.03. The molecule has 2 N–H and O–H groups in total. The Morgan fingerprint density at radius 2 is 1.64 bits per heavy atom. The highest BCUT2D eigenvalue weighted by Gasteiger charge is 2.19. The van der Waals surface area contributed by atoms with Crippen molar-refractivity contribution in [2.75, 3.05) is 19.6 Å². The molecule has 0 bridgehead atoms. The van der Waals surface area contributed by atoms with E-state index in [1.807, 2.05) is 72.0 Å². The first kappa shape index (κ1) is 19.8. The Balaban J connectivity index is 1.73. The molecule has 1 amide bonds. The molecule has 28 heavy (non-hydrogen) atoms. The Bertz CT molecular complexity index is 903. The van der Waals surface area contributed by atoms with E-state index in [0.29, 0.717) is 26.1 Å². The maximum absolute atomic E-state index is 13.0. The van der Waals surface area contributed by atoms with Gasteiger partial charge in [0.05, 0.1) is 17.8 Å². The highest BCUT2D eigenvalue weighted by Crippen LogP contribution is 2.19. The van der Waals surface area contributed by atoms with Gasteiger partial charge in [-0.1, -0.05) is 48.5 Å². The number of benzene rings is 2. The predicted octanol–water partition coefficient (Wildman–Crippen LogP) is 3.06. The number of rotatable bonds is 8. The summed E-state index contributed by atoms with van der Waals surface area (Å²) in [5.41, 5.74) is 10.9. The summed E-state index contributed by atoms with van der Waals surface area (Å²) in [5.74, 6) is 0.0974. The van der Waals surface area contributed by atoms with Crippen LogP contribution in [-0.4, -0.2) is 40.2 Å². The topological polar surface area (TPSA) is 64.2 Å². The first-order valence-corrected chi connectivity index (χ1v) is 9.72. The van der Waals surface area contributed by atoms with Gasteiger partial charge in [0.1, 0.15) is 0 Å². The van der Waals surface area contributed by atoms with Crippen LogP contribution in [0.25, 0.3) is 5.69 Å². The maximum atomic E-state index is 13.0. The number of hydrogen-bond donors (Lipinski definition) is 1. The lowest BCUT2D eigenvalue weighted by molar-refractivity contribution is -0.130. The molecular weight excluding hydrogens is 348 g/mol. The van der Waals surface area contributed by atoms with Gasteiger partial charge in [0.2, 0.25) is 5.91 Å². The van der Waals surface area contributed by atoms with Gasteiger partial charge in [0.25, 0.3) is 0 Å². The number of aryl methyl sites for hydroxylation is 1. The van der Waals surface area contributed by atoms with E-state index >= 15 is 0 Å². The fourth-order valence-electron chi connectivity index (χ4n) is 3.44. The van der Waals surface area contributed by atoms with Crippen LogP contribution in [0.1, 0.15) is 22.5 Å². The van der Waals surface area contributed by atoms with Crippen molar-refractivity contribution in [1.29, 1.82) is 0 Å². The molecule has 146 valence electrons. The Morgan fingerprint density at radius 1 is 1.00 bits per heavy atom. The number of nitrogens with two attached hydrogens (primary N) is 1. The van der Waals surface area contributed by atoms with Crippen molar-refractivity contribution in [1.82, 2.24) is 14.7 Å². The van der Waals surface area contributed by atoms with Gasteiger partial charge in [-0.3, -0.25) is 4.79 Å². The molecule has 3 aromatic rings. The van der Waals surface area contributed by atoms with E-state index < -0.39 is 0 Å². The third kappa shape index (κ3) is 4.67. The minimum Gasteiger partial charge on any atom is -0.341 e. The molecule has 3 rings (SSSR count). The summed E-state index contributed by atoms with van der Waals surface area (Å²) < 4.78 is 1.91. The van der Waals surface area contributed by atoms with E-state index in [1.54, 1.807) is 0 Å². The molecule has 0 radical (unpaired) electrons. The first-order chi connectivity index (χ1) is 13.6. The lowest BCUT2D eigenvalue weighted by Crippen LogP contribution is -2.38. The van der Waals surface area contributed by atoms with E-state index in [4.69, 9.17) is 5.73 Å². The Labute approximate surface area is 166 Å². The van der Waals surface area contributed by atoms with Crippen LogP contribution in [0.4, 0.5) is 0 Å². The standard InChI is InChI=1S/C23H28N4O/c1-18-22(19(2)27(25-18)21-11-7-4-8-12-21)17-23(28)26(16-14-24)15-13-20-9-5-3-6-10-20/h3-12H,13-17,24H2,1-2H3. The van der Waals surface area contributed by atoms with Crippen LogP contribution in [0, 0.1) is 13.8 Å². The molecule has 0 aliphatic carbocycles. The van der Waals surface area contributed by atoms with E-state index in [-0.39, 0.29) is 5.91 Å². The van der Waals surface area contributed by atoms with Crippen molar-refractivity contribution >= 4 is 5.91 Å². The number of amides is 1. The Hall–Kier alpha value is -2.92. The number of carbonyl (C=O) groups is 1. The highest BCUT2D eigenvalue weighted by atomic mass is 16.2. The summed E-state index contributed by atoms with van der Waals surface area (Å²) in [7, 11) is 0. The normalized spacial score (nSPS) is 10.8. The highest BCUT2D eigenvalue weighted by molar-refractivity contribution is 5.79. The molecule has 1 aromatic heterocycles. The second-order valence-electron chi connectivity index (χ2n) is 6.98. The summed E-state index contributed by atoms with van der Waals surface area (Å²) in [6.45, 7) is 5.68. The summed E-state index contributed by atoms with van der Waals surface area (Å²) >= 11 is 0. The molecule has 0 spiro atoms. The van der Waals surface area contributed by atoms with Crippen molar-refractivity contribution in [3.8, 4) is 5.69 Å². The monoisotopic (exact) mass is 376 g/mol. The minimum absolute atomic E-state index is 0.0974. The molecule has 5 nitrogen and oxygen atoms in total. The van der Waals surface area contributed by atoms with Crippen LogP contribution in [0.5, 0.6) is 0 Å². The zero-order chi connectivity index (χ0) is 19.9. The molecule has 0 atom stereocenters. The van der Waals surface area contributed by atoms with Crippen LogP contribution in [0.3, 0.4) is 0 Å². The molecule has 1 heterocycles. The molecule has 0 unspecified atom stereocenters. The van der Waals surface area contributed by atoms with E-state index in [0.717, 1.165) is 29.1 Å². The van der Waals surface area contributed by atoms with E-state index in [2.05, 4.69) is 17.2 Å². The van der Waals surface area contributed by atoms with Crippen molar-refractivity contribution in [2.24, 2.45) is 5.73 Å². The predicted molar refractivity (Wildman–Crippen MR) is 113 cm³/mol. The van der Waals surface area contributed by atoms with Crippen LogP contribution in [-0.2, 0) is 17.6 Å². The van der Waals surface area contributed by atoms with Crippen LogP contribution in [0.15, 0.2) is 60.7 Å². The molecular formula is C23H28N4O. The molecule has 5 heteroatoms. The SMILES string of the molecule is Cc1nn(-c2ccccc2)c(C)c1CC(=O)N(CCN)CCc1ccccc1. The van der Waals surface area contributed by atoms with Gasteiger partial charge in [-0.05, 0) is 38.0 Å². The van der Waals surface area contributed by atoms with Crippen LogP contribution < -0.4 is 5.73 Å². The first-order valence-electron chi connectivity index (χ1n) is 9.72. The van der Waals surface area contributed by atoms with Crippen molar-refractivity contribution in [3.05, 3.63) is 83.2 Å². The van der Waals surface area contributed by atoms with Crippen molar-refractivity contribution < 1.29 is 4.79 Å². The molecule has 0 aliphatic rings. The third-order valence-corrected chi connectivity index (χ3v) is 5.03. The van der Waals surface area contributed by atoms with Crippen LogP contribution >= 0.6 is 0 Å². The Morgan fingerprint density at radius 3 is 2.29 bits per heavy atom. The van der Waals surface area contributed by atoms with Crippen LogP contribution in [0.2, 0.25) is 0 Å². The zero-order valence-electron chi connectivity index (χ0n) is 16.6. The zero-order valence-corrected chi connectivity index (χ0v) is 16.6. The smallest absolute Gasteiger partial charge is 0.227 e. The molecule has 0 saturated carbocycles. The summed E-state index contributed by atoms with van der Waals surface area (Å²) in [6.07, 6.45) is 1.17.